The van der Waals surface area contributed by atoms with Gasteiger partial charge in [-0.3, -0.25) is 0 Å². The van der Waals surface area contributed by atoms with Gasteiger partial charge in [0.25, 0.3) is 0 Å². The lowest BCUT2D eigenvalue weighted by Crippen LogP contribution is -2.22. The van der Waals surface area contributed by atoms with Crippen LogP contribution in [0.3, 0.4) is 0 Å². The lowest BCUT2D eigenvalue weighted by Gasteiger charge is -2.12. The van der Waals surface area contributed by atoms with Crippen molar-refractivity contribution in [1.82, 2.24) is 4.98 Å². The Balaban J connectivity index is 1.95. The minimum atomic E-state index is -0.660. The van der Waals surface area contributed by atoms with Crippen molar-refractivity contribution < 1.29 is 10.2 Å². The molecule has 2 atom stereocenters. The molecule has 0 aliphatic carbocycles. The van der Waals surface area contributed by atoms with E-state index in [0.29, 0.717) is 13.1 Å². The maximum atomic E-state index is 9.49. The number of benzene rings is 1. The number of hydrogen-bond donors (Lipinski definition) is 2. The van der Waals surface area contributed by atoms with Gasteiger partial charge in [0, 0.05) is 13.1 Å². The summed E-state index contributed by atoms with van der Waals surface area (Å²) in [5, 5.41) is 19.9. The van der Waals surface area contributed by atoms with Gasteiger partial charge in [-0.15, -0.1) is 0 Å². The second-order valence-electron chi connectivity index (χ2n) is 4.00. The summed E-state index contributed by atoms with van der Waals surface area (Å²) < 4.78 is 1.13. The smallest absolute Gasteiger partial charge is 0.186 e. The summed E-state index contributed by atoms with van der Waals surface area (Å²) in [6.45, 7) is 0.919. The van der Waals surface area contributed by atoms with Gasteiger partial charge < -0.3 is 15.1 Å². The highest BCUT2D eigenvalue weighted by atomic mass is 32.1. The van der Waals surface area contributed by atoms with Crippen molar-refractivity contribution in [3.05, 3.63) is 24.3 Å². The molecule has 1 fully saturated rings. The fourth-order valence-electron chi connectivity index (χ4n) is 1.92. The predicted molar refractivity (Wildman–Crippen MR) is 63.8 cm³/mol. The summed E-state index contributed by atoms with van der Waals surface area (Å²) in [6.07, 6.45) is -1.32. The molecular weight excluding hydrogens is 224 g/mol. The van der Waals surface area contributed by atoms with Gasteiger partial charge in [-0.1, -0.05) is 23.5 Å². The van der Waals surface area contributed by atoms with Crippen LogP contribution in [-0.2, 0) is 0 Å². The van der Waals surface area contributed by atoms with E-state index in [4.69, 9.17) is 0 Å². The number of thiazole rings is 1. The van der Waals surface area contributed by atoms with E-state index >= 15 is 0 Å². The van der Waals surface area contributed by atoms with Crippen molar-refractivity contribution in [1.29, 1.82) is 0 Å². The Hall–Kier alpha value is -1.17. The summed E-state index contributed by atoms with van der Waals surface area (Å²) in [4.78, 5) is 6.42. The largest absolute Gasteiger partial charge is 0.389 e. The molecule has 1 aromatic carbocycles. The first kappa shape index (κ1) is 10.0. The number of anilines is 1. The van der Waals surface area contributed by atoms with Crippen molar-refractivity contribution in [3.63, 3.8) is 0 Å². The van der Waals surface area contributed by atoms with Crippen LogP contribution in [-0.4, -0.2) is 40.5 Å². The van der Waals surface area contributed by atoms with Crippen molar-refractivity contribution in [2.45, 2.75) is 12.2 Å². The van der Waals surface area contributed by atoms with Gasteiger partial charge >= 0.3 is 0 Å². The second-order valence-corrected chi connectivity index (χ2v) is 5.01. The molecule has 1 aliphatic heterocycles. The summed E-state index contributed by atoms with van der Waals surface area (Å²) >= 11 is 1.59. The molecule has 0 amide bonds. The number of para-hydroxylation sites is 1. The first-order chi connectivity index (χ1) is 7.74. The first-order valence-electron chi connectivity index (χ1n) is 5.21. The molecule has 1 saturated heterocycles. The van der Waals surface area contributed by atoms with Crippen LogP contribution >= 0.6 is 11.3 Å². The normalized spacial score (nSPS) is 25.5. The summed E-state index contributed by atoms with van der Waals surface area (Å²) in [7, 11) is 0. The van der Waals surface area contributed by atoms with Crippen LogP contribution in [0.15, 0.2) is 24.3 Å². The maximum Gasteiger partial charge on any atom is 0.186 e. The van der Waals surface area contributed by atoms with Gasteiger partial charge in [0.15, 0.2) is 5.13 Å². The Bertz CT molecular complexity index is 470. The molecule has 2 aromatic rings. The number of nitrogens with zero attached hydrogens (tertiary/aromatic N) is 2. The highest BCUT2D eigenvalue weighted by Gasteiger charge is 2.31. The minimum Gasteiger partial charge on any atom is -0.389 e. The Morgan fingerprint density at radius 2 is 1.88 bits per heavy atom. The Morgan fingerprint density at radius 1 is 1.19 bits per heavy atom. The van der Waals surface area contributed by atoms with E-state index in [-0.39, 0.29) is 0 Å². The fourth-order valence-corrected chi connectivity index (χ4v) is 2.90. The molecule has 1 aliphatic rings. The molecule has 2 N–H and O–H groups in total. The molecular formula is C11H12N2O2S. The third-order valence-electron chi connectivity index (χ3n) is 2.81. The van der Waals surface area contributed by atoms with E-state index in [2.05, 4.69) is 4.98 Å². The monoisotopic (exact) mass is 236 g/mol. The molecule has 5 heteroatoms. The van der Waals surface area contributed by atoms with Gasteiger partial charge in [0.2, 0.25) is 0 Å². The van der Waals surface area contributed by atoms with E-state index in [0.717, 1.165) is 15.3 Å². The molecule has 3 rings (SSSR count). The number of hydrogen-bond acceptors (Lipinski definition) is 5. The SMILES string of the molecule is OC1CN(c2nc3ccccc3s2)CC1O. The quantitative estimate of drug-likeness (QED) is 0.770. The van der Waals surface area contributed by atoms with E-state index in [1.54, 1.807) is 11.3 Å². The van der Waals surface area contributed by atoms with Crippen molar-refractivity contribution >= 4 is 26.7 Å². The molecule has 4 nitrogen and oxygen atoms in total. The van der Waals surface area contributed by atoms with Crippen LogP contribution in [0.1, 0.15) is 0 Å². The average Bonchev–Trinajstić information content (AvgIpc) is 2.83. The molecule has 84 valence electrons. The van der Waals surface area contributed by atoms with E-state index in [1.165, 1.54) is 0 Å². The van der Waals surface area contributed by atoms with Crippen molar-refractivity contribution in [2.24, 2.45) is 0 Å². The number of aliphatic hydroxyl groups is 2. The summed E-state index contributed by atoms with van der Waals surface area (Å²) in [5.74, 6) is 0. The number of aliphatic hydroxyl groups excluding tert-OH is 2. The molecule has 2 unspecified atom stereocenters. The lowest BCUT2D eigenvalue weighted by molar-refractivity contribution is 0.0572. The minimum absolute atomic E-state index is 0.459. The first-order valence-corrected chi connectivity index (χ1v) is 6.02. The van der Waals surface area contributed by atoms with E-state index < -0.39 is 12.2 Å². The van der Waals surface area contributed by atoms with Crippen molar-refractivity contribution in [3.8, 4) is 0 Å². The van der Waals surface area contributed by atoms with Gasteiger partial charge in [0.05, 0.1) is 22.4 Å². The molecule has 0 saturated carbocycles. The van der Waals surface area contributed by atoms with Crippen LogP contribution in [0.5, 0.6) is 0 Å². The fraction of sp³-hybridized carbons (Fsp3) is 0.364. The maximum absolute atomic E-state index is 9.49. The Morgan fingerprint density at radius 3 is 2.56 bits per heavy atom. The average molecular weight is 236 g/mol. The van der Waals surface area contributed by atoms with E-state index in [1.807, 2.05) is 29.2 Å². The zero-order chi connectivity index (χ0) is 11.1. The topological polar surface area (TPSA) is 56.6 Å². The third kappa shape index (κ3) is 1.57. The van der Waals surface area contributed by atoms with Gasteiger partial charge in [-0.2, -0.15) is 0 Å². The number of rotatable bonds is 1. The summed E-state index contributed by atoms with van der Waals surface area (Å²) in [6, 6.07) is 7.94. The predicted octanol–water partition coefficient (Wildman–Crippen LogP) is 0.838. The van der Waals surface area contributed by atoms with Gasteiger partial charge in [-0.05, 0) is 12.1 Å². The molecule has 0 bridgehead atoms. The molecule has 0 spiro atoms. The second kappa shape index (κ2) is 3.69. The number of fused-ring (bicyclic) bond motifs is 1. The molecule has 0 radical (unpaired) electrons. The van der Waals surface area contributed by atoms with Gasteiger partial charge in [-0.25, -0.2) is 4.98 Å². The van der Waals surface area contributed by atoms with Crippen LogP contribution in [0.2, 0.25) is 0 Å². The van der Waals surface area contributed by atoms with Crippen LogP contribution < -0.4 is 4.90 Å². The zero-order valence-corrected chi connectivity index (χ0v) is 9.39. The highest BCUT2D eigenvalue weighted by molar-refractivity contribution is 7.22. The lowest BCUT2D eigenvalue weighted by atomic mass is 10.3. The number of aromatic nitrogens is 1. The molecule has 16 heavy (non-hydrogen) atoms. The Kier molecular flexibility index (Phi) is 2.31. The van der Waals surface area contributed by atoms with Crippen LogP contribution in [0.25, 0.3) is 10.2 Å². The number of β-amino-alcohol motifs (C(OH)–C–C–N with tert-alkyl or cyclic N) is 2. The third-order valence-corrected chi connectivity index (χ3v) is 3.91. The Labute approximate surface area is 96.8 Å². The molecule has 1 aromatic heterocycles. The van der Waals surface area contributed by atoms with Crippen molar-refractivity contribution in [2.75, 3.05) is 18.0 Å². The summed E-state index contributed by atoms with van der Waals surface area (Å²) in [5.41, 5.74) is 0.971. The van der Waals surface area contributed by atoms with Crippen LogP contribution in [0.4, 0.5) is 5.13 Å². The molecule has 2 heterocycles. The standard InChI is InChI=1S/C11H12N2O2S/c14-8-5-13(6-9(8)15)11-12-7-3-1-2-4-10(7)16-11/h1-4,8-9,14-15H,5-6H2. The van der Waals surface area contributed by atoms with Gasteiger partial charge in [0.1, 0.15) is 0 Å². The van der Waals surface area contributed by atoms with E-state index in [9.17, 15) is 10.2 Å². The zero-order valence-electron chi connectivity index (χ0n) is 8.58. The highest BCUT2D eigenvalue weighted by Crippen LogP contribution is 2.30. The van der Waals surface area contributed by atoms with Crippen LogP contribution in [0, 0.1) is 0 Å².